The Bertz CT molecular complexity index is 3260. The molecule has 0 aliphatic rings. The molecule has 2 aromatic heterocycles. The Morgan fingerprint density at radius 2 is 0.810 bits per heavy atom. The van der Waals surface area contributed by atoms with E-state index >= 15 is 8.78 Å². The number of rotatable bonds is 5. The molecule has 2 heterocycles. The molecule has 10 aromatic rings. The Hall–Kier alpha value is -8.31. The van der Waals surface area contributed by atoms with Gasteiger partial charge in [0.05, 0.1) is 62.3 Å². The minimum atomic E-state index is -0.739. The maximum absolute atomic E-state index is 15.9. The van der Waals surface area contributed by atoms with Crippen LogP contribution in [0.15, 0.2) is 164 Å². The summed E-state index contributed by atoms with van der Waals surface area (Å²) in [5.41, 5.74) is 8.37. The van der Waals surface area contributed by atoms with E-state index < -0.39 is 11.6 Å². The fourth-order valence-electron chi connectivity index (χ4n) is 8.46. The summed E-state index contributed by atoms with van der Waals surface area (Å²) < 4.78 is 35.8. The molecule has 8 aromatic carbocycles. The molecule has 0 bridgehead atoms. The lowest BCUT2D eigenvalue weighted by Gasteiger charge is -2.19. The molecule has 0 spiro atoms. The highest BCUT2D eigenvalue weighted by Gasteiger charge is 2.25. The highest BCUT2D eigenvalue weighted by molar-refractivity contribution is 6.12. The number of hydrogen-bond donors (Lipinski definition) is 0. The molecular weight excluding hydrogens is 721 g/mol. The van der Waals surface area contributed by atoms with Crippen LogP contribution in [0.25, 0.3) is 88.4 Å². The monoisotopic (exact) mass is 747 g/mol. The Morgan fingerprint density at radius 3 is 1.28 bits per heavy atom. The van der Waals surface area contributed by atoms with Crippen molar-refractivity contribution in [2.45, 2.75) is 0 Å². The van der Waals surface area contributed by atoms with Gasteiger partial charge in [0.15, 0.2) is 0 Å². The quantitative estimate of drug-likeness (QED) is 0.176. The van der Waals surface area contributed by atoms with Crippen molar-refractivity contribution in [2.24, 2.45) is 0 Å². The summed E-state index contributed by atoms with van der Waals surface area (Å²) in [6.07, 6.45) is 0. The molecule has 0 saturated heterocycles. The largest absolute Gasteiger partial charge is 0.308 e. The first-order valence-electron chi connectivity index (χ1n) is 18.6. The van der Waals surface area contributed by atoms with Crippen LogP contribution in [0.5, 0.6) is 0 Å². The first-order chi connectivity index (χ1) is 28.5. The summed E-state index contributed by atoms with van der Waals surface area (Å²) in [6, 6.07) is 56.8. The zero-order chi connectivity index (χ0) is 39.5. The number of para-hydroxylation sites is 2. The number of nitriles is 3. The van der Waals surface area contributed by atoms with Crippen LogP contribution in [-0.2, 0) is 0 Å². The van der Waals surface area contributed by atoms with Gasteiger partial charge in [-0.2, -0.15) is 15.8 Å². The number of fused-ring (bicyclic) bond motifs is 6. The lowest BCUT2D eigenvalue weighted by Crippen LogP contribution is -2.06. The van der Waals surface area contributed by atoms with Gasteiger partial charge >= 0.3 is 0 Å². The Balaban J connectivity index is 1.36. The van der Waals surface area contributed by atoms with Gasteiger partial charge < -0.3 is 9.13 Å². The molecule has 5 nitrogen and oxygen atoms in total. The third-order valence-electron chi connectivity index (χ3n) is 11.0. The summed E-state index contributed by atoms with van der Waals surface area (Å²) in [7, 11) is 0. The van der Waals surface area contributed by atoms with E-state index in [2.05, 4.69) is 18.2 Å². The summed E-state index contributed by atoms with van der Waals surface area (Å²) in [6.45, 7) is 0. The molecule has 270 valence electrons. The zero-order valence-electron chi connectivity index (χ0n) is 30.6. The third kappa shape index (κ3) is 5.18. The summed E-state index contributed by atoms with van der Waals surface area (Å²) in [4.78, 5) is 0. The molecule has 7 heteroatoms. The second-order valence-electron chi connectivity index (χ2n) is 14.1. The fraction of sp³-hybridized carbons (Fsp3) is 0. The number of hydrogen-bond acceptors (Lipinski definition) is 3. The summed E-state index contributed by atoms with van der Waals surface area (Å²) >= 11 is 0. The molecule has 10 rings (SSSR count). The lowest BCUT2D eigenvalue weighted by atomic mass is 9.98. The molecule has 0 atom stereocenters. The van der Waals surface area contributed by atoms with Crippen LogP contribution >= 0.6 is 0 Å². The van der Waals surface area contributed by atoms with Gasteiger partial charge in [0.25, 0.3) is 0 Å². The molecule has 0 radical (unpaired) electrons. The van der Waals surface area contributed by atoms with Crippen molar-refractivity contribution in [2.75, 3.05) is 0 Å². The molecule has 0 unspecified atom stereocenters. The molecule has 58 heavy (non-hydrogen) atoms. The van der Waals surface area contributed by atoms with Crippen LogP contribution in [-0.4, -0.2) is 9.13 Å². The van der Waals surface area contributed by atoms with E-state index in [1.165, 1.54) is 18.2 Å². The molecule has 0 amide bonds. The van der Waals surface area contributed by atoms with Gasteiger partial charge in [0.2, 0.25) is 0 Å². The van der Waals surface area contributed by atoms with Crippen LogP contribution in [0.2, 0.25) is 0 Å². The molecule has 0 saturated carbocycles. The molecule has 0 fully saturated rings. The van der Waals surface area contributed by atoms with E-state index in [0.29, 0.717) is 22.5 Å². The van der Waals surface area contributed by atoms with E-state index in [0.717, 1.165) is 65.9 Å². The van der Waals surface area contributed by atoms with Crippen molar-refractivity contribution >= 4 is 43.6 Å². The highest BCUT2D eigenvalue weighted by atomic mass is 19.1. The second-order valence-corrected chi connectivity index (χ2v) is 14.1. The summed E-state index contributed by atoms with van der Waals surface area (Å²) in [5, 5.41) is 35.0. The van der Waals surface area contributed by atoms with Crippen molar-refractivity contribution in [1.82, 2.24) is 9.13 Å². The first kappa shape index (κ1) is 34.2. The third-order valence-corrected chi connectivity index (χ3v) is 11.0. The topological polar surface area (TPSA) is 81.2 Å². The van der Waals surface area contributed by atoms with Crippen LogP contribution in [0, 0.1) is 45.6 Å². The predicted molar refractivity (Wildman–Crippen MR) is 225 cm³/mol. The first-order valence-corrected chi connectivity index (χ1v) is 18.6. The SMILES string of the molecule is N#Cc1ccccc1-c1ccc2c3ccccc3n(-c3cc(-c4c(F)cccc4F)cc(-n4c5ccccc5c5ccc(-c6ccccc6C#N)cc54)c3C#N)c2c1. The highest BCUT2D eigenvalue weighted by Crippen LogP contribution is 2.42. The Kier molecular flexibility index (Phi) is 7.94. The minimum absolute atomic E-state index is 0.219. The van der Waals surface area contributed by atoms with Gasteiger partial charge in [-0.15, -0.1) is 0 Å². The van der Waals surface area contributed by atoms with Gasteiger partial charge in [0, 0.05) is 21.5 Å². The van der Waals surface area contributed by atoms with Gasteiger partial charge in [0.1, 0.15) is 23.3 Å². The van der Waals surface area contributed by atoms with Crippen LogP contribution in [0.1, 0.15) is 16.7 Å². The maximum Gasteiger partial charge on any atom is 0.133 e. The number of halogens is 2. The average Bonchev–Trinajstić information content (AvgIpc) is 3.78. The Morgan fingerprint density at radius 1 is 0.379 bits per heavy atom. The van der Waals surface area contributed by atoms with E-state index in [4.69, 9.17) is 0 Å². The normalized spacial score (nSPS) is 11.2. The molecular formula is C51H27F2N5. The van der Waals surface area contributed by atoms with Crippen molar-refractivity contribution in [3.05, 3.63) is 192 Å². The van der Waals surface area contributed by atoms with Gasteiger partial charge in [-0.3, -0.25) is 0 Å². The maximum atomic E-state index is 15.9. The van der Waals surface area contributed by atoms with Gasteiger partial charge in [-0.25, -0.2) is 8.78 Å². The van der Waals surface area contributed by atoms with Crippen LogP contribution in [0.4, 0.5) is 8.78 Å². The average molecular weight is 748 g/mol. The zero-order valence-corrected chi connectivity index (χ0v) is 30.6. The van der Waals surface area contributed by atoms with E-state index in [-0.39, 0.29) is 16.7 Å². The molecule has 0 aliphatic heterocycles. The Labute approximate surface area is 331 Å². The van der Waals surface area contributed by atoms with Gasteiger partial charge in [-0.05, 0) is 88.5 Å². The minimum Gasteiger partial charge on any atom is -0.308 e. The van der Waals surface area contributed by atoms with Crippen LogP contribution in [0.3, 0.4) is 0 Å². The molecule has 0 aliphatic carbocycles. The van der Waals surface area contributed by atoms with E-state index in [1.54, 1.807) is 24.3 Å². The number of benzene rings is 8. The number of nitrogens with zero attached hydrogens (tertiary/aromatic N) is 5. The summed E-state index contributed by atoms with van der Waals surface area (Å²) in [5.74, 6) is -1.48. The number of aromatic nitrogens is 2. The fourth-order valence-corrected chi connectivity index (χ4v) is 8.46. The predicted octanol–water partition coefficient (Wildman–Crippen LogP) is 12.8. The standard InChI is InChI=1S/C51H27F2N5/c52-43-16-9-17-44(53)51(43)35-26-49(57-45-18-7-5-14-38(45)40-22-20-31(24-47(40)57)36-12-3-1-10-33(36)28-54)42(30-56)50(27-35)58-46-19-8-6-15-39(46)41-23-21-32(25-48(41)58)37-13-4-2-11-34(37)29-55/h1-27H. The van der Waals surface area contributed by atoms with Crippen molar-refractivity contribution in [3.63, 3.8) is 0 Å². The van der Waals surface area contributed by atoms with Crippen molar-refractivity contribution in [1.29, 1.82) is 15.8 Å². The van der Waals surface area contributed by atoms with E-state index in [9.17, 15) is 15.8 Å². The lowest BCUT2D eigenvalue weighted by molar-refractivity contribution is 0.589. The second kappa shape index (κ2) is 13.5. The van der Waals surface area contributed by atoms with Gasteiger partial charge in [-0.1, -0.05) is 103 Å². The van der Waals surface area contributed by atoms with E-state index in [1.807, 2.05) is 130 Å². The van der Waals surface area contributed by atoms with Crippen molar-refractivity contribution < 1.29 is 8.78 Å². The molecule has 0 N–H and O–H groups in total. The smallest absolute Gasteiger partial charge is 0.133 e. The van der Waals surface area contributed by atoms with Crippen molar-refractivity contribution in [3.8, 4) is 63.0 Å². The van der Waals surface area contributed by atoms with Crippen LogP contribution < -0.4 is 0 Å².